The lowest BCUT2D eigenvalue weighted by atomic mass is 9.99. The molecule has 1 aliphatic rings. The van der Waals surface area contributed by atoms with Crippen molar-refractivity contribution in [3.05, 3.63) is 69.8 Å². The fraction of sp³-hybridized carbons (Fsp3) is 0.400. The first-order valence-electron chi connectivity index (χ1n) is 14.8. The molecule has 0 radical (unpaired) electrons. The number of hydrazone groups is 1. The van der Waals surface area contributed by atoms with Gasteiger partial charge in [-0.25, -0.2) is 14.4 Å². The Labute approximate surface area is 265 Å². The monoisotopic (exact) mass is 638 g/mol. The van der Waals surface area contributed by atoms with Crippen LogP contribution in [0.1, 0.15) is 60.9 Å². The fourth-order valence-electron chi connectivity index (χ4n) is 5.13. The molecule has 45 heavy (non-hydrogen) atoms. The zero-order valence-corrected chi connectivity index (χ0v) is 26.2. The Morgan fingerprint density at radius 3 is 2.71 bits per heavy atom. The van der Waals surface area contributed by atoms with Gasteiger partial charge in [0.25, 0.3) is 5.91 Å². The van der Waals surface area contributed by atoms with Crippen molar-refractivity contribution in [3.8, 4) is 11.6 Å². The van der Waals surface area contributed by atoms with Crippen LogP contribution < -0.4 is 20.8 Å². The Morgan fingerprint density at radius 2 is 2.02 bits per heavy atom. The van der Waals surface area contributed by atoms with Gasteiger partial charge in [-0.3, -0.25) is 9.69 Å². The van der Waals surface area contributed by atoms with Crippen LogP contribution in [0.4, 0.5) is 15.9 Å². The highest BCUT2D eigenvalue weighted by molar-refractivity contribution is 6.31. The molecule has 13 nitrogen and oxygen atoms in total. The third-order valence-electron chi connectivity index (χ3n) is 7.85. The Balaban J connectivity index is 1.38. The van der Waals surface area contributed by atoms with E-state index in [9.17, 15) is 9.18 Å². The summed E-state index contributed by atoms with van der Waals surface area (Å²) >= 11 is 6.23. The molecule has 3 heterocycles. The van der Waals surface area contributed by atoms with Gasteiger partial charge >= 0.3 is 0 Å². The molecule has 2 aromatic heterocycles. The van der Waals surface area contributed by atoms with Crippen molar-refractivity contribution >= 4 is 35.2 Å². The normalized spacial score (nSPS) is 14.2. The maximum atomic E-state index is 14.5. The number of nitrogens with two attached hydrogens (primary N) is 1. The maximum Gasteiger partial charge on any atom is 0.293 e. The Hall–Kier alpha value is -4.56. The summed E-state index contributed by atoms with van der Waals surface area (Å²) in [6.45, 7) is 9.93. The Morgan fingerprint density at radius 1 is 1.24 bits per heavy atom. The molecule has 1 amide bonds. The number of amides is 1. The van der Waals surface area contributed by atoms with E-state index in [0.29, 0.717) is 29.5 Å². The summed E-state index contributed by atoms with van der Waals surface area (Å²) in [5, 5.41) is 20.2. The molecule has 0 unspecified atom stereocenters. The number of rotatable bonds is 12. The van der Waals surface area contributed by atoms with Crippen molar-refractivity contribution < 1.29 is 18.6 Å². The predicted octanol–water partition coefficient (Wildman–Crippen LogP) is 4.45. The van der Waals surface area contributed by atoms with E-state index in [1.165, 1.54) is 23.0 Å². The van der Waals surface area contributed by atoms with E-state index in [-0.39, 0.29) is 34.5 Å². The zero-order valence-electron chi connectivity index (χ0n) is 25.4. The number of piperidine rings is 1. The van der Waals surface area contributed by atoms with Gasteiger partial charge in [-0.05, 0) is 80.3 Å². The largest absolute Gasteiger partial charge is 0.488 e. The molecule has 0 aliphatic carbocycles. The summed E-state index contributed by atoms with van der Waals surface area (Å²) in [6, 6.07) is 10.1. The molecule has 0 saturated carbocycles. The van der Waals surface area contributed by atoms with Crippen LogP contribution in [0.25, 0.3) is 5.82 Å². The first-order valence-corrected chi connectivity index (χ1v) is 15.2. The van der Waals surface area contributed by atoms with Crippen LogP contribution in [-0.2, 0) is 13.2 Å². The SMILES string of the molecule is CCN(CC)c1ccc(/C=N\NC(=O)c2nnn(-c3nonc3N)c2CN2CCC(C)CC2)c(OCc2c(F)cccc2Cl)c1. The van der Waals surface area contributed by atoms with Crippen molar-refractivity contribution in [3.63, 3.8) is 0 Å². The van der Waals surface area contributed by atoms with Gasteiger partial charge in [0.2, 0.25) is 11.6 Å². The van der Waals surface area contributed by atoms with Crippen LogP contribution in [0, 0.1) is 11.7 Å². The van der Waals surface area contributed by atoms with Gasteiger partial charge in [-0.1, -0.05) is 29.8 Å². The zero-order chi connectivity index (χ0) is 31.9. The molecule has 1 saturated heterocycles. The second kappa shape index (κ2) is 14.5. The van der Waals surface area contributed by atoms with Gasteiger partial charge in [0, 0.05) is 42.5 Å². The number of halogens is 2. The fourth-order valence-corrected chi connectivity index (χ4v) is 5.35. The minimum atomic E-state index is -0.576. The van der Waals surface area contributed by atoms with Crippen LogP contribution in [0.3, 0.4) is 0 Å². The highest BCUT2D eigenvalue weighted by atomic mass is 35.5. The molecule has 1 aliphatic heterocycles. The number of carbonyl (C=O) groups is 1. The van der Waals surface area contributed by atoms with Crippen LogP contribution >= 0.6 is 11.6 Å². The highest BCUT2D eigenvalue weighted by Crippen LogP contribution is 2.28. The maximum absolute atomic E-state index is 14.5. The van der Waals surface area contributed by atoms with Gasteiger partial charge in [0.05, 0.1) is 16.9 Å². The molecular weight excluding hydrogens is 603 g/mol. The highest BCUT2D eigenvalue weighted by Gasteiger charge is 2.27. The number of benzene rings is 2. The van der Waals surface area contributed by atoms with Crippen molar-refractivity contribution in [2.24, 2.45) is 11.0 Å². The topological polar surface area (TPSA) is 153 Å². The first kappa shape index (κ1) is 31.9. The molecule has 0 atom stereocenters. The van der Waals surface area contributed by atoms with E-state index >= 15 is 0 Å². The van der Waals surface area contributed by atoms with Gasteiger partial charge in [0.15, 0.2) is 5.69 Å². The number of likely N-dealkylation sites (tertiary alicyclic amines) is 1. The molecule has 1 fully saturated rings. The number of hydrogen-bond donors (Lipinski definition) is 2. The van der Waals surface area contributed by atoms with Crippen LogP contribution in [0.15, 0.2) is 46.1 Å². The molecule has 15 heteroatoms. The molecule has 0 bridgehead atoms. The lowest BCUT2D eigenvalue weighted by Crippen LogP contribution is -2.34. The van der Waals surface area contributed by atoms with E-state index < -0.39 is 11.7 Å². The molecule has 2 aromatic carbocycles. The van der Waals surface area contributed by atoms with E-state index in [1.54, 1.807) is 6.07 Å². The number of carbonyl (C=O) groups excluding carboxylic acids is 1. The average molecular weight is 639 g/mol. The molecule has 238 valence electrons. The van der Waals surface area contributed by atoms with E-state index in [2.05, 4.69) is 61.7 Å². The molecular formula is C30H36ClFN10O3. The Bertz CT molecular complexity index is 1630. The number of nitrogens with one attached hydrogen (secondary N) is 1. The van der Waals surface area contributed by atoms with E-state index in [1.807, 2.05) is 18.2 Å². The van der Waals surface area contributed by atoms with E-state index in [4.69, 9.17) is 26.7 Å². The number of hydrogen-bond acceptors (Lipinski definition) is 11. The summed E-state index contributed by atoms with van der Waals surface area (Å²) < 4.78 is 26.6. The number of anilines is 2. The Kier molecular flexibility index (Phi) is 10.2. The first-order chi connectivity index (χ1) is 21.8. The second-order valence-electron chi connectivity index (χ2n) is 10.8. The number of ether oxygens (including phenoxy) is 1. The summed E-state index contributed by atoms with van der Waals surface area (Å²) in [7, 11) is 0. The molecule has 3 N–H and O–H groups in total. The summed E-state index contributed by atoms with van der Waals surface area (Å²) in [4.78, 5) is 17.7. The smallest absolute Gasteiger partial charge is 0.293 e. The minimum Gasteiger partial charge on any atom is -0.488 e. The molecule has 4 aromatic rings. The quantitative estimate of drug-likeness (QED) is 0.168. The average Bonchev–Trinajstić information content (AvgIpc) is 3.64. The molecule has 5 rings (SSSR count). The van der Waals surface area contributed by atoms with Crippen LogP contribution in [0.5, 0.6) is 5.75 Å². The van der Waals surface area contributed by atoms with Crippen molar-refractivity contribution in [2.45, 2.75) is 46.8 Å². The van der Waals surface area contributed by atoms with Crippen molar-refractivity contribution in [1.29, 1.82) is 0 Å². The van der Waals surface area contributed by atoms with Crippen molar-refractivity contribution in [2.75, 3.05) is 36.8 Å². The number of aromatic nitrogens is 5. The molecule has 0 spiro atoms. The van der Waals surface area contributed by atoms with Gasteiger partial charge in [-0.15, -0.1) is 5.10 Å². The summed E-state index contributed by atoms with van der Waals surface area (Å²) in [5.74, 6) is 0.211. The second-order valence-corrected chi connectivity index (χ2v) is 11.2. The van der Waals surface area contributed by atoms with Gasteiger partial charge in [-0.2, -0.15) is 9.78 Å². The number of nitrogen functional groups attached to an aromatic ring is 1. The summed E-state index contributed by atoms with van der Waals surface area (Å²) in [6.07, 6.45) is 3.54. The predicted molar refractivity (Wildman–Crippen MR) is 168 cm³/mol. The lowest BCUT2D eigenvalue weighted by Gasteiger charge is -2.30. The van der Waals surface area contributed by atoms with Gasteiger partial charge < -0.3 is 15.4 Å². The summed E-state index contributed by atoms with van der Waals surface area (Å²) in [5.41, 5.74) is 10.7. The minimum absolute atomic E-state index is 0.0238. The third-order valence-corrected chi connectivity index (χ3v) is 8.21. The van der Waals surface area contributed by atoms with Crippen LogP contribution in [0.2, 0.25) is 5.02 Å². The van der Waals surface area contributed by atoms with Crippen LogP contribution in [-0.4, -0.2) is 68.5 Å². The third kappa shape index (κ3) is 7.40. The van der Waals surface area contributed by atoms with Crippen molar-refractivity contribution in [1.82, 2.24) is 35.6 Å². The van der Waals surface area contributed by atoms with E-state index in [0.717, 1.165) is 44.7 Å². The number of nitrogens with zero attached hydrogens (tertiary/aromatic N) is 8. The van der Waals surface area contributed by atoms with Gasteiger partial charge in [0.1, 0.15) is 18.2 Å². The standard InChI is InChI=1S/C30H36ClFN10O3/c1-4-41(5-2)21-10-9-20(26(15-21)44-18-22-23(31)7-6-8-24(22)32)16-34-36-30(43)27-25(17-40-13-11-19(3)12-14-40)42(39-35-27)29-28(33)37-45-38-29/h6-10,15-16,19H,4-5,11-14,17-18H2,1-3H3,(H2,33,37)(H,36,43)/b34-16-. The lowest BCUT2D eigenvalue weighted by molar-refractivity contribution is 0.0946.